The van der Waals surface area contributed by atoms with Gasteiger partial charge in [0, 0.05) is 5.70 Å². The number of phenols is 1. The van der Waals surface area contributed by atoms with Crippen LogP contribution in [0.2, 0.25) is 0 Å². The van der Waals surface area contributed by atoms with Crippen LogP contribution in [0.1, 0.15) is 24.1 Å². The number of hydrogen-bond donors (Lipinski definition) is 3. The Hall–Kier alpha value is -3.88. The second kappa shape index (κ2) is 9.29. The largest absolute Gasteiger partial charge is 0.502 e. The third kappa shape index (κ3) is 4.66. The van der Waals surface area contributed by atoms with Crippen LogP contribution in [0.4, 0.5) is 4.79 Å². The minimum Gasteiger partial charge on any atom is -0.502 e. The minimum absolute atomic E-state index is 0.0441. The molecule has 0 bridgehead atoms. The van der Waals surface area contributed by atoms with Crippen molar-refractivity contribution in [1.82, 2.24) is 10.6 Å². The number of aromatic hydroxyl groups is 1. The average Bonchev–Trinajstić information content (AvgIpc) is 2.77. The van der Waals surface area contributed by atoms with Gasteiger partial charge in [0.1, 0.15) is 12.4 Å². The molecule has 1 atom stereocenters. The lowest BCUT2D eigenvalue weighted by molar-refractivity contribution is -0.140. The summed E-state index contributed by atoms with van der Waals surface area (Å²) in [4.78, 5) is 25.1. The molecule has 0 fully saturated rings. The number of amides is 2. The lowest BCUT2D eigenvalue weighted by Crippen LogP contribution is -2.45. The molecule has 9 nitrogen and oxygen atoms in total. The molecular formula is C22H24N2O7. The second-order valence-electron chi connectivity index (χ2n) is 6.77. The fraction of sp³-hybridized carbons (Fsp3) is 0.273. The van der Waals surface area contributed by atoms with Crippen LogP contribution in [0.3, 0.4) is 0 Å². The summed E-state index contributed by atoms with van der Waals surface area (Å²) in [5, 5.41) is 15.5. The molecule has 0 saturated heterocycles. The lowest BCUT2D eigenvalue weighted by Gasteiger charge is -2.28. The maximum absolute atomic E-state index is 13.0. The number of carbonyl (C=O) groups is 2. The second-order valence-corrected chi connectivity index (χ2v) is 6.77. The summed E-state index contributed by atoms with van der Waals surface area (Å²) in [7, 11) is 4.36. The molecule has 0 radical (unpaired) electrons. The minimum atomic E-state index is -0.833. The first-order valence-corrected chi connectivity index (χ1v) is 9.41. The van der Waals surface area contributed by atoms with E-state index in [0.29, 0.717) is 17.0 Å². The SMILES string of the molecule is COc1ccc(COC(=O)C2=C(C)NC(=O)NC2c2cc(OC)c(O)c(OC)c2)cc1. The average molecular weight is 428 g/mol. The van der Waals surface area contributed by atoms with Gasteiger partial charge in [-0.05, 0) is 42.3 Å². The molecule has 1 aliphatic heterocycles. The molecule has 1 aliphatic rings. The van der Waals surface area contributed by atoms with Gasteiger partial charge in [-0.25, -0.2) is 9.59 Å². The Morgan fingerprint density at radius 1 is 1.03 bits per heavy atom. The number of ether oxygens (including phenoxy) is 4. The van der Waals surface area contributed by atoms with E-state index in [1.807, 2.05) is 0 Å². The maximum Gasteiger partial charge on any atom is 0.338 e. The van der Waals surface area contributed by atoms with E-state index in [0.717, 1.165) is 5.56 Å². The summed E-state index contributed by atoms with van der Waals surface area (Å²) < 4.78 is 21.0. The van der Waals surface area contributed by atoms with Gasteiger partial charge in [-0.2, -0.15) is 0 Å². The highest BCUT2D eigenvalue weighted by Crippen LogP contribution is 2.40. The van der Waals surface area contributed by atoms with Crippen LogP contribution >= 0.6 is 0 Å². The van der Waals surface area contributed by atoms with Crippen molar-refractivity contribution < 1.29 is 33.6 Å². The van der Waals surface area contributed by atoms with E-state index in [2.05, 4.69) is 10.6 Å². The Morgan fingerprint density at radius 3 is 2.19 bits per heavy atom. The van der Waals surface area contributed by atoms with Crippen LogP contribution in [0.25, 0.3) is 0 Å². The molecule has 0 saturated carbocycles. The molecule has 2 amide bonds. The van der Waals surface area contributed by atoms with Crippen LogP contribution in [0.15, 0.2) is 47.7 Å². The topological polar surface area (TPSA) is 115 Å². The Labute approximate surface area is 179 Å². The molecule has 2 aromatic rings. The van der Waals surface area contributed by atoms with Crippen LogP contribution < -0.4 is 24.8 Å². The van der Waals surface area contributed by atoms with Gasteiger partial charge in [0.05, 0.1) is 32.9 Å². The predicted molar refractivity (Wildman–Crippen MR) is 111 cm³/mol. The molecule has 2 aromatic carbocycles. The zero-order valence-corrected chi connectivity index (χ0v) is 17.6. The van der Waals surface area contributed by atoms with Gasteiger partial charge in [0.2, 0.25) is 5.75 Å². The Kier molecular flexibility index (Phi) is 6.54. The Balaban J connectivity index is 1.90. The highest BCUT2D eigenvalue weighted by molar-refractivity contribution is 5.95. The fourth-order valence-corrected chi connectivity index (χ4v) is 3.24. The van der Waals surface area contributed by atoms with E-state index < -0.39 is 18.0 Å². The van der Waals surface area contributed by atoms with Crippen LogP contribution in [-0.2, 0) is 16.1 Å². The standard InChI is InChI=1S/C22H24N2O7/c1-12-18(21(26)31-11-13-5-7-15(28-2)8-6-13)19(24-22(27)23-12)14-9-16(29-3)20(25)17(10-14)30-4/h5-10,19,25H,11H2,1-4H3,(H2,23,24,27). The van der Waals surface area contributed by atoms with Gasteiger partial charge in [0.15, 0.2) is 11.5 Å². The first-order valence-electron chi connectivity index (χ1n) is 9.41. The van der Waals surface area contributed by atoms with E-state index in [4.69, 9.17) is 18.9 Å². The molecule has 0 aromatic heterocycles. The number of phenolic OH excluding ortho intramolecular Hbond substituents is 1. The van der Waals surface area contributed by atoms with Gasteiger partial charge < -0.3 is 34.7 Å². The molecule has 0 aliphatic carbocycles. The van der Waals surface area contributed by atoms with Crippen molar-refractivity contribution in [2.75, 3.05) is 21.3 Å². The van der Waals surface area contributed by atoms with E-state index in [1.165, 1.54) is 26.4 Å². The summed E-state index contributed by atoms with van der Waals surface area (Å²) in [5.41, 5.74) is 1.85. The fourth-order valence-electron chi connectivity index (χ4n) is 3.24. The Bertz CT molecular complexity index is 990. The van der Waals surface area contributed by atoms with Crippen molar-refractivity contribution in [2.45, 2.75) is 19.6 Å². The smallest absolute Gasteiger partial charge is 0.338 e. The Morgan fingerprint density at radius 2 is 1.65 bits per heavy atom. The number of nitrogens with one attached hydrogen (secondary N) is 2. The van der Waals surface area contributed by atoms with Gasteiger partial charge in [-0.3, -0.25) is 0 Å². The zero-order valence-electron chi connectivity index (χ0n) is 17.6. The summed E-state index contributed by atoms with van der Waals surface area (Å²) in [6.45, 7) is 1.66. The van der Waals surface area contributed by atoms with Gasteiger partial charge in [-0.15, -0.1) is 0 Å². The van der Waals surface area contributed by atoms with E-state index in [9.17, 15) is 14.7 Å². The third-order valence-electron chi connectivity index (χ3n) is 4.85. The number of esters is 1. The van der Waals surface area contributed by atoms with Crippen molar-refractivity contribution in [3.63, 3.8) is 0 Å². The third-order valence-corrected chi connectivity index (χ3v) is 4.85. The number of urea groups is 1. The number of hydrogen-bond acceptors (Lipinski definition) is 7. The van der Waals surface area contributed by atoms with Gasteiger partial charge >= 0.3 is 12.0 Å². The van der Waals surface area contributed by atoms with E-state index >= 15 is 0 Å². The van der Waals surface area contributed by atoms with Crippen molar-refractivity contribution in [2.24, 2.45) is 0 Å². The van der Waals surface area contributed by atoms with E-state index in [-0.39, 0.29) is 29.4 Å². The summed E-state index contributed by atoms with van der Waals surface area (Å²) in [6.07, 6.45) is 0. The monoisotopic (exact) mass is 428 g/mol. The molecule has 1 unspecified atom stereocenters. The number of carbonyl (C=O) groups excluding carboxylic acids is 2. The first-order chi connectivity index (χ1) is 14.9. The van der Waals surface area contributed by atoms with Gasteiger partial charge in [-0.1, -0.05) is 12.1 Å². The molecule has 3 rings (SSSR count). The maximum atomic E-state index is 13.0. The molecular weight excluding hydrogens is 404 g/mol. The number of benzene rings is 2. The quantitative estimate of drug-likeness (QED) is 0.581. The van der Waals surface area contributed by atoms with E-state index in [1.54, 1.807) is 38.3 Å². The molecule has 0 spiro atoms. The molecule has 164 valence electrons. The van der Waals surface area contributed by atoms with Gasteiger partial charge in [0.25, 0.3) is 0 Å². The van der Waals surface area contributed by atoms with Crippen molar-refractivity contribution in [1.29, 1.82) is 0 Å². The molecule has 9 heteroatoms. The highest BCUT2D eigenvalue weighted by atomic mass is 16.5. The number of rotatable bonds is 7. The van der Waals surface area contributed by atoms with Crippen LogP contribution in [-0.4, -0.2) is 38.4 Å². The summed E-state index contributed by atoms with van der Waals surface area (Å²) in [5.74, 6) is 0.203. The number of allylic oxidation sites excluding steroid dienone is 1. The normalized spacial score (nSPS) is 15.6. The first kappa shape index (κ1) is 21.8. The molecule has 1 heterocycles. The van der Waals surface area contributed by atoms with Crippen molar-refractivity contribution in [3.05, 3.63) is 58.8 Å². The zero-order chi connectivity index (χ0) is 22.5. The lowest BCUT2D eigenvalue weighted by atomic mass is 9.95. The molecule has 31 heavy (non-hydrogen) atoms. The summed E-state index contributed by atoms with van der Waals surface area (Å²) >= 11 is 0. The molecule has 3 N–H and O–H groups in total. The van der Waals surface area contributed by atoms with Crippen LogP contribution in [0.5, 0.6) is 23.0 Å². The predicted octanol–water partition coefficient (Wildman–Crippen LogP) is 2.79. The van der Waals surface area contributed by atoms with Crippen molar-refractivity contribution in [3.8, 4) is 23.0 Å². The van der Waals surface area contributed by atoms with Crippen molar-refractivity contribution >= 4 is 12.0 Å². The summed E-state index contributed by atoms with van der Waals surface area (Å²) in [6, 6.07) is 8.88. The number of methoxy groups -OCH3 is 3. The van der Waals surface area contributed by atoms with Crippen LogP contribution in [0, 0.1) is 0 Å². The highest BCUT2D eigenvalue weighted by Gasteiger charge is 2.33.